The maximum absolute atomic E-state index is 12.8. The number of rotatable bonds is 4. The van der Waals surface area contributed by atoms with E-state index >= 15 is 0 Å². The Balaban J connectivity index is 1.72. The quantitative estimate of drug-likeness (QED) is 0.502. The molecule has 0 aromatic heterocycles. The number of halogens is 1. The van der Waals surface area contributed by atoms with Gasteiger partial charge < -0.3 is 15.2 Å². The molecule has 3 N–H and O–H groups in total. The average molecular weight is 308 g/mol. The second kappa shape index (κ2) is 7.64. The van der Waals surface area contributed by atoms with Crippen LogP contribution in [0.15, 0.2) is 24.3 Å². The van der Waals surface area contributed by atoms with Gasteiger partial charge in [-0.25, -0.2) is 9.18 Å². The minimum atomic E-state index is -0.952. The summed E-state index contributed by atoms with van der Waals surface area (Å²) < 4.78 is 23.9. The molecule has 0 bridgehead atoms. The molecule has 0 spiro atoms. The van der Waals surface area contributed by atoms with Crippen LogP contribution in [0.3, 0.4) is 0 Å². The molecule has 1 saturated heterocycles. The van der Waals surface area contributed by atoms with Crippen LogP contribution in [0.5, 0.6) is 5.75 Å². The molecule has 0 unspecified atom stereocenters. The summed E-state index contributed by atoms with van der Waals surface area (Å²) in [5.74, 6) is 5.71. The molecule has 0 radical (unpaired) electrons. The number of carbonyl (C=O) groups is 1. The topological polar surface area (TPSA) is 85.0 Å². The van der Waals surface area contributed by atoms with Crippen molar-refractivity contribution in [1.82, 2.24) is 5.06 Å². The van der Waals surface area contributed by atoms with Gasteiger partial charge in [0, 0.05) is 0 Å². The highest BCUT2D eigenvalue weighted by molar-refractivity contribution is 5.70. The largest absolute Gasteiger partial charge is 0.491 e. The Bertz CT molecular complexity index is 567. The summed E-state index contributed by atoms with van der Waals surface area (Å²) >= 11 is 0. The SMILES string of the molecule is NC(=O)N(O)CC#C[C@@H]1CC[C@@H](COc2ccc(F)cc2)O1. The minimum Gasteiger partial charge on any atom is -0.491 e. The molecule has 6 nitrogen and oxygen atoms in total. The summed E-state index contributed by atoms with van der Waals surface area (Å²) in [6, 6.07) is 4.83. The summed E-state index contributed by atoms with van der Waals surface area (Å²) in [7, 11) is 0. The molecular formula is C15H17FN2O4. The Labute approximate surface area is 127 Å². The van der Waals surface area contributed by atoms with Crippen molar-refractivity contribution in [2.75, 3.05) is 13.2 Å². The normalized spacial score (nSPS) is 20.1. The summed E-state index contributed by atoms with van der Waals surface area (Å²) in [6.45, 7) is 0.198. The lowest BCUT2D eigenvalue weighted by Gasteiger charge is -2.12. The second-order valence-electron chi connectivity index (χ2n) is 4.81. The molecule has 1 fully saturated rings. The smallest absolute Gasteiger partial charge is 0.339 e. The zero-order valence-electron chi connectivity index (χ0n) is 11.9. The monoisotopic (exact) mass is 308 g/mol. The highest BCUT2D eigenvalue weighted by Gasteiger charge is 2.24. The van der Waals surface area contributed by atoms with Gasteiger partial charge in [0.05, 0.1) is 6.10 Å². The molecule has 1 aromatic carbocycles. The molecule has 0 aliphatic carbocycles. The Morgan fingerprint density at radius 2 is 2.18 bits per heavy atom. The molecule has 1 aliphatic rings. The molecule has 2 amide bonds. The average Bonchev–Trinajstić information content (AvgIpc) is 2.94. The lowest BCUT2D eigenvalue weighted by atomic mass is 10.2. The number of ether oxygens (including phenoxy) is 2. The number of carbonyl (C=O) groups excluding carboxylic acids is 1. The summed E-state index contributed by atoms with van der Waals surface area (Å²) in [5.41, 5.74) is 4.85. The Morgan fingerprint density at radius 3 is 2.86 bits per heavy atom. The molecule has 2 rings (SSSR count). The Hall–Kier alpha value is -2.30. The van der Waals surface area contributed by atoms with Gasteiger partial charge in [0.25, 0.3) is 0 Å². The number of nitrogens with two attached hydrogens (primary N) is 1. The van der Waals surface area contributed by atoms with Crippen molar-refractivity contribution >= 4 is 6.03 Å². The first-order valence-corrected chi connectivity index (χ1v) is 6.82. The van der Waals surface area contributed by atoms with Gasteiger partial charge in [-0.1, -0.05) is 11.8 Å². The van der Waals surface area contributed by atoms with Gasteiger partial charge in [-0.15, -0.1) is 0 Å². The zero-order chi connectivity index (χ0) is 15.9. The lowest BCUT2D eigenvalue weighted by molar-refractivity contribution is -0.0270. The number of hydrogen-bond acceptors (Lipinski definition) is 4. The molecule has 0 saturated carbocycles. The molecular weight excluding hydrogens is 291 g/mol. The van der Waals surface area contributed by atoms with E-state index in [-0.39, 0.29) is 24.6 Å². The fraction of sp³-hybridized carbons (Fsp3) is 0.400. The van der Waals surface area contributed by atoms with Gasteiger partial charge in [0.15, 0.2) is 0 Å². The highest BCUT2D eigenvalue weighted by Crippen LogP contribution is 2.20. The minimum absolute atomic E-state index is 0.0919. The van der Waals surface area contributed by atoms with E-state index in [9.17, 15) is 9.18 Å². The van der Waals surface area contributed by atoms with Crippen LogP contribution in [-0.2, 0) is 4.74 Å². The fourth-order valence-electron chi connectivity index (χ4n) is 1.97. The van der Waals surface area contributed by atoms with Gasteiger partial charge >= 0.3 is 6.03 Å². The van der Waals surface area contributed by atoms with Crippen LogP contribution in [0.25, 0.3) is 0 Å². The van der Waals surface area contributed by atoms with E-state index in [1.165, 1.54) is 12.1 Å². The number of primary amides is 1. The lowest BCUT2D eigenvalue weighted by Crippen LogP contribution is -2.32. The molecule has 1 aliphatic heterocycles. The zero-order valence-corrected chi connectivity index (χ0v) is 11.9. The third kappa shape index (κ3) is 4.91. The van der Waals surface area contributed by atoms with Crippen LogP contribution in [0.4, 0.5) is 9.18 Å². The maximum atomic E-state index is 12.8. The van der Waals surface area contributed by atoms with E-state index in [1.807, 2.05) is 0 Å². The van der Waals surface area contributed by atoms with Gasteiger partial charge in [-0.05, 0) is 37.1 Å². The number of urea groups is 1. The fourth-order valence-corrected chi connectivity index (χ4v) is 1.97. The van der Waals surface area contributed by atoms with Crippen molar-refractivity contribution in [2.45, 2.75) is 25.0 Å². The highest BCUT2D eigenvalue weighted by atomic mass is 19.1. The van der Waals surface area contributed by atoms with Gasteiger partial charge in [0.1, 0.15) is 30.8 Å². The predicted molar refractivity (Wildman–Crippen MR) is 75.6 cm³/mol. The molecule has 2 atom stereocenters. The van der Waals surface area contributed by atoms with E-state index in [1.54, 1.807) is 12.1 Å². The third-order valence-corrected chi connectivity index (χ3v) is 3.10. The number of benzene rings is 1. The van der Waals surface area contributed by atoms with Crippen LogP contribution >= 0.6 is 0 Å². The first kappa shape index (κ1) is 16.1. The molecule has 118 valence electrons. The van der Waals surface area contributed by atoms with Gasteiger partial charge in [0.2, 0.25) is 0 Å². The van der Waals surface area contributed by atoms with E-state index in [4.69, 9.17) is 20.4 Å². The van der Waals surface area contributed by atoms with Crippen LogP contribution in [0, 0.1) is 17.7 Å². The molecule has 7 heteroatoms. The molecule has 1 heterocycles. The molecule has 22 heavy (non-hydrogen) atoms. The number of hydroxylamine groups is 2. The number of amides is 2. The van der Waals surface area contributed by atoms with E-state index in [0.29, 0.717) is 17.4 Å². The van der Waals surface area contributed by atoms with Crippen LogP contribution in [0.1, 0.15) is 12.8 Å². The van der Waals surface area contributed by atoms with Crippen molar-refractivity contribution in [1.29, 1.82) is 0 Å². The predicted octanol–water partition coefficient (Wildman–Crippen LogP) is 1.53. The second-order valence-corrected chi connectivity index (χ2v) is 4.81. The van der Waals surface area contributed by atoms with Crippen molar-refractivity contribution in [3.63, 3.8) is 0 Å². The van der Waals surface area contributed by atoms with Crippen molar-refractivity contribution in [2.24, 2.45) is 5.73 Å². The third-order valence-electron chi connectivity index (χ3n) is 3.10. The number of nitrogens with zero attached hydrogens (tertiary/aromatic N) is 1. The van der Waals surface area contributed by atoms with Crippen molar-refractivity contribution in [3.8, 4) is 17.6 Å². The summed E-state index contributed by atoms with van der Waals surface area (Å²) in [5, 5.41) is 9.38. The van der Waals surface area contributed by atoms with Gasteiger partial charge in [-0.2, -0.15) is 5.06 Å². The van der Waals surface area contributed by atoms with E-state index in [2.05, 4.69) is 11.8 Å². The van der Waals surface area contributed by atoms with Crippen LogP contribution in [0.2, 0.25) is 0 Å². The van der Waals surface area contributed by atoms with E-state index in [0.717, 1.165) is 12.8 Å². The maximum Gasteiger partial charge on any atom is 0.339 e. The van der Waals surface area contributed by atoms with Crippen LogP contribution in [-0.4, -0.2) is 41.7 Å². The van der Waals surface area contributed by atoms with E-state index < -0.39 is 6.03 Å². The summed E-state index contributed by atoms with van der Waals surface area (Å²) in [4.78, 5) is 10.6. The Morgan fingerprint density at radius 1 is 1.45 bits per heavy atom. The Kier molecular flexibility index (Phi) is 5.58. The number of hydrogen-bond donors (Lipinski definition) is 2. The first-order valence-electron chi connectivity index (χ1n) is 6.82. The molecule has 1 aromatic rings. The standard InChI is InChI=1S/C15H17FN2O4/c16-11-3-5-12(6-4-11)21-10-14-8-7-13(22-14)2-1-9-18(20)15(17)19/h3-6,13-14,20H,7-10H2,(H2,17,19)/t13-,14+/m1/s1. The van der Waals surface area contributed by atoms with Gasteiger partial charge in [-0.3, -0.25) is 5.21 Å². The van der Waals surface area contributed by atoms with Crippen molar-refractivity contribution in [3.05, 3.63) is 30.1 Å². The summed E-state index contributed by atoms with van der Waals surface area (Å²) in [6.07, 6.45) is 1.18. The van der Waals surface area contributed by atoms with Crippen molar-refractivity contribution < 1.29 is 23.9 Å². The first-order chi connectivity index (χ1) is 10.5. The van der Waals surface area contributed by atoms with Crippen LogP contribution < -0.4 is 10.5 Å².